The number of rotatable bonds is 4. The first-order chi connectivity index (χ1) is 19.8. The summed E-state index contributed by atoms with van der Waals surface area (Å²) < 4.78 is 26.1. The van der Waals surface area contributed by atoms with Gasteiger partial charge in [0, 0.05) is 62.6 Å². The molecule has 0 aliphatic carbocycles. The Morgan fingerprint density at radius 2 is 1.88 bits per heavy atom. The van der Waals surface area contributed by atoms with E-state index in [1.165, 1.54) is 31.4 Å². The molecule has 5 rings (SSSR count). The van der Waals surface area contributed by atoms with E-state index in [9.17, 15) is 23.6 Å². The number of hydrogen-bond acceptors (Lipinski definition) is 7. The van der Waals surface area contributed by atoms with Crippen molar-refractivity contribution in [2.75, 3.05) is 26.7 Å². The van der Waals surface area contributed by atoms with Crippen LogP contribution in [0.15, 0.2) is 53.3 Å². The first-order valence-corrected chi connectivity index (χ1v) is 13.3. The first kappa shape index (κ1) is 29.2. The Labute approximate surface area is 236 Å². The number of carbonyl (C=O) groups is 3. The molecule has 3 amide bonds. The number of nitrogens with zero attached hydrogens (tertiary/aromatic N) is 2. The molecular formula is C29H32FN5O6. The summed E-state index contributed by atoms with van der Waals surface area (Å²) in [5.74, 6) is -0.531. The van der Waals surface area contributed by atoms with Crippen LogP contribution in [0, 0.1) is 5.82 Å². The number of nitrogens with one attached hydrogen (secondary N) is 3. The van der Waals surface area contributed by atoms with Crippen LogP contribution in [0.2, 0.25) is 0 Å². The van der Waals surface area contributed by atoms with Crippen molar-refractivity contribution < 1.29 is 28.2 Å². The van der Waals surface area contributed by atoms with E-state index < -0.39 is 5.82 Å². The molecule has 41 heavy (non-hydrogen) atoms. The molecule has 3 N–H and O–H groups in total. The average molecular weight is 566 g/mol. The summed E-state index contributed by atoms with van der Waals surface area (Å²) in [6, 6.07) is 11.9. The van der Waals surface area contributed by atoms with Crippen LogP contribution >= 0.6 is 0 Å². The predicted molar refractivity (Wildman–Crippen MR) is 147 cm³/mol. The molecule has 3 heterocycles. The number of benzene rings is 2. The summed E-state index contributed by atoms with van der Waals surface area (Å²) in [5.41, 5.74) is 0.770. The van der Waals surface area contributed by atoms with Crippen molar-refractivity contribution in [1.29, 1.82) is 0 Å². The molecule has 216 valence electrons. The van der Waals surface area contributed by atoms with E-state index >= 15 is 0 Å². The second-order valence-corrected chi connectivity index (χ2v) is 9.47. The van der Waals surface area contributed by atoms with E-state index in [1.54, 1.807) is 29.2 Å². The van der Waals surface area contributed by atoms with Crippen LogP contribution in [-0.4, -0.2) is 59.6 Å². The van der Waals surface area contributed by atoms with Crippen molar-refractivity contribution in [3.05, 3.63) is 81.5 Å². The fourth-order valence-electron chi connectivity index (χ4n) is 4.36. The van der Waals surface area contributed by atoms with Gasteiger partial charge >= 0.3 is 0 Å². The molecule has 3 aromatic rings. The number of aryl methyl sites for hydroxylation is 1. The highest BCUT2D eigenvalue weighted by Crippen LogP contribution is 2.34. The lowest BCUT2D eigenvalue weighted by Crippen LogP contribution is -2.36. The number of aromatic nitrogens is 2. The summed E-state index contributed by atoms with van der Waals surface area (Å²) in [4.78, 5) is 51.3. The fraction of sp³-hybridized carbons (Fsp3) is 0.345. The highest BCUT2D eigenvalue weighted by molar-refractivity contribution is 5.94. The number of aromatic amines is 1. The van der Waals surface area contributed by atoms with Crippen molar-refractivity contribution in [2.45, 2.75) is 38.6 Å². The lowest BCUT2D eigenvalue weighted by atomic mass is 10.1. The zero-order valence-corrected chi connectivity index (χ0v) is 22.7. The van der Waals surface area contributed by atoms with Gasteiger partial charge in [-0.1, -0.05) is 6.07 Å². The number of methoxy groups -OCH3 is 1. The summed E-state index contributed by atoms with van der Waals surface area (Å²) >= 11 is 0. The fourth-order valence-corrected chi connectivity index (χ4v) is 4.36. The van der Waals surface area contributed by atoms with Gasteiger partial charge in [0.15, 0.2) is 11.5 Å². The second kappa shape index (κ2) is 14.1. The normalized spacial score (nSPS) is 14.9. The van der Waals surface area contributed by atoms with Gasteiger partial charge in [-0.3, -0.25) is 19.2 Å². The Morgan fingerprint density at radius 3 is 2.66 bits per heavy atom. The Hall–Kier alpha value is -4.74. The summed E-state index contributed by atoms with van der Waals surface area (Å²) in [6.45, 7) is 0.913. The van der Waals surface area contributed by atoms with E-state index in [0.29, 0.717) is 50.2 Å². The van der Waals surface area contributed by atoms with Gasteiger partial charge in [0.05, 0.1) is 12.8 Å². The van der Waals surface area contributed by atoms with Crippen molar-refractivity contribution >= 4 is 17.7 Å². The molecule has 2 aliphatic heterocycles. The predicted octanol–water partition coefficient (Wildman–Crippen LogP) is 2.70. The lowest BCUT2D eigenvalue weighted by molar-refractivity contribution is -0.131. The molecule has 2 aliphatic rings. The maximum Gasteiger partial charge on any atom is 0.264 e. The van der Waals surface area contributed by atoms with Gasteiger partial charge in [0.1, 0.15) is 11.6 Å². The van der Waals surface area contributed by atoms with Gasteiger partial charge < -0.3 is 25.0 Å². The highest BCUT2D eigenvalue weighted by atomic mass is 19.1. The topological polar surface area (TPSA) is 143 Å². The molecule has 0 saturated carbocycles. The van der Waals surface area contributed by atoms with Gasteiger partial charge in [0.2, 0.25) is 11.8 Å². The largest absolute Gasteiger partial charge is 0.493 e. The SMILES string of the molecule is COc1cc2ccc1Oc1cccc(F)c1CNC(=O)CCCN(C(=O)CCc1ccc(=O)[nH]n1)CCCNC2=O. The molecule has 0 saturated heterocycles. The van der Waals surface area contributed by atoms with Crippen LogP contribution in [0.4, 0.5) is 4.39 Å². The summed E-state index contributed by atoms with van der Waals surface area (Å²) in [5, 5.41) is 11.9. The molecular weight excluding hydrogens is 533 g/mol. The van der Waals surface area contributed by atoms with Crippen LogP contribution in [0.1, 0.15) is 47.3 Å². The molecule has 2 aromatic carbocycles. The first-order valence-electron chi connectivity index (χ1n) is 13.3. The smallest absolute Gasteiger partial charge is 0.264 e. The number of halogens is 1. The third-order valence-corrected chi connectivity index (χ3v) is 6.59. The summed E-state index contributed by atoms with van der Waals surface area (Å²) in [7, 11) is 1.44. The number of H-pyrrole nitrogens is 1. The maximum absolute atomic E-state index is 14.7. The minimum atomic E-state index is -0.544. The van der Waals surface area contributed by atoms with Gasteiger partial charge in [-0.2, -0.15) is 5.10 Å². The molecule has 11 nitrogen and oxygen atoms in total. The molecule has 0 unspecified atom stereocenters. The van der Waals surface area contributed by atoms with E-state index in [2.05, 4.69) is 20.8 Å². The zero-order valence-electron chi connectivity index (χ0n) is 22.7. The van der Waals surface area contributed by atoms with Crippen molar-refractivity contribution in [2.24, 2.45) is 0 Å². The lowest BCUT2D eigenvalue weighted by Gasteiger charge is -2.23. The number of carbonyl (C=O) groups excluding carboxylic acids is 3. The van der Waals surface area contributed by atoms with Crippen LogP contribution in [0.25, 0.3) is 0 Å². The Kier molecular flexibility index (Phi) is 10.0. The van der Waals surface area contributed by atoms with Crippen molar-refractivity contribution in [3.63, 3.8) is 0 Å². The molecule has 12 heteroatoms. The van der Waals surface area contributed by atoms with Crippen molar-refractivity contribution in [3.8, 4) is 17.2 Å². The molecule has 1 aromatic heterocycles. The Morgan fingerprint density at radius 1 is 1.05 bits per heavy atom. The summed E-state index contributed by atoms with van der Waals surface area (Å²) in [6.07, 6.45) is 1.52. The molecule has 0 spiro atoms. The van der Waals surface area contributed by atoms with Crippen LogP contribution in [0.5, 0.6) is 17.2 Å². The van der Waals surface area contributed by atoms with E-state index in [-0.39, 0.29) is 65.5 Å². The molecule has 0 atom stereocenters. The van der Waals surface area contributed by atoms with Gasteiger partial charge in [-0.05, 0) is 49.2 Å². The Bertz CT molecular complexity index is 1440. The van der Waals surface area contributed by atoms with Crippen molar-refractivity contribution in [1.82, 2.24) is 25.7 Å². The van der Waals surface area contributed by atoms with E-state index in [0.717, 1.165) is 0 Å². The molecule has 2 bridgehead atoms. The number of hydrogen-bond donors (Lipinski definition) is 3. The zero-order chi connectivity index (χ0) is 29.2. The van der Waals surface area contributed by atoms with Crippen LogP contribution in [0.3, 0.4) is 0 Å². The highest BCUT2D eigenvalue weighted by Gasteiger charge is 2.18. The molecule has 0 fully saturated rings. The minimum absolute atomic E-state index is 0.0988. The number of fused-ring (bicyclic) bond motifs is 13. The third kappa shape index (κ3) is 8.13. The van der Waals surface area contributed by atoms with Gasteiger partial charge in [-0.25, -0.2) is 9.49 Å². The third-order valence-electron chi connectivity index (χ3n) is 6.59. The average Bonchev–Trinajstić information content (AvgIpc) is 2.97. The van der Waals surface area contributed by atoms with E-state index in [4.69, 9.17) is 9.47 Å². The van der Waals surface area contributed by atoms with Gasteiger partial charge in [-0.15, -0.1) is 0 Å². The monoisotopic (exact) mass is 565 g/mol. The minimum Gasteiger partial charge on any atom is -0.493 e. The standard InChI is InChI=1S/C29H32FN5O6/c1-40-25-17-19-8-11-24(25)41-23-6-2-5-22(30)21(23)18-32-26(36)7-3-15-35(16-4-14-31-29(19)39)28(38)13-10-20-9-12-27(37)34-33-20/h2,5-6,8-9,11-12,17H,3-4,7,10,13-16,18H2,1H3,(H,31,39)(H,32,36)(H,34,37). The van der Waals surface area contributed by atoms with Crippen LogP contribution < -0.4 is 25.7 Å². The maximum atomic E-state index is 14.7. The molecule has 0 radical (unpaired) electrons. The van der Waals surface area contributed by atoms with Gasteiger partial charge in [0.25, 0.3) is 11.5 Å². The number of amides is 3. The quantitative estimate of drug-likeness (QED) is 0.442. The van der Waals surface area contributed by atoms with Crippen LogP contribution in [-0.2, 0) is 22.6 Å². The Balaban J connectivity index is 1.51. The van der Waals surface area contributed by atoms with E-state index in [1.807, 2.05) is 0 Å². The second-order valence-electron chi connectivity index (χ2n) is 9.47. The number of ether oxygens (including phenoxy) is 2.